The van der Waals surface area contributed by atoms with Crippen molar-refractivity contribution < 1.29 is 4.39 Å². The molecule has 0 spiro atoms. The number of nitrogen functional groups attached to an aromatic ring is 1. The summed E-state index contributed by atoms with van der Waals surface area (Å²) in [5.41, 5.74) is 7.00. The van der Waals surface area contributed by atoms with Gasteiger partial charge in [0.15, 0.2) is 5.82 Å². The molecule has 0 saturated heterocycles. The van der Waals surface area contributed by atoms with Crippen molar-refractivity contribution in [2.24, 2.45) is 0 Å². The summed E-state index contributed by atoms with van der Waals surface area (Å²) in [5.74, 6) is -0.500. The smallest absolute Gasteiger partial charge is 0.165 e. The van der Waals surface area contributed by atoms with Crippen LogP contribution in [0, 0.1) is 5.82 Å². The predicted octanol–water partition coefficient (Wildman–Crippen LogP) is 3.20. The van der Waals surface area contributed by atoms with Gasteiger partial charge in [0, 0.05) is 6.20 Å². The highest BCUT2D eigenvalue weighted by molar-refractivity contribution is 6.31. The topological polar surface area (TPSA) is 50.9 Å². The minimum absolute atomic E-state index is 0.0672. The Morgan fingerprint density at radius 3 is 2.81 bits per heavy atom. The van der Waals surface area contributed by atoms with Gasteiger partial charge in [0.05, 0.1) is 28.3 Å². The van der Waals surface area contributed by atoms with Crippen LogP contribution in [0.5, 0.6) is 0 Å². The van der Waals surface area contributed by atoms with Gasteiger partial charge in [-0.15, -0.1) is 0 Å². The van der Waals surface area contributed by atoms with Crippen LogP contribution in [0.4, 0.5) is 21.5 Å². The number of nitrogens with one attached hydrogen (secondary N) is 1. The van der Waals surface area contributed by atoms with Crippen LogP contribution in [0.1, 0.15) is 0 Å². The van der Waals surface area contributed by atoms with E-state index in [2.05, 4.69) is 10.3 Å². The van der Waals surface area contributed by atoms with Crippen LogP contribution in [0.3, 0.4) is 0 Å². The van der Waals surface area contributed by atoms with Gasteiger partial charge >= 0.3 is 0 Å². The van der Waals surface area contributed by atoms with Crippen molar-refractivity contribution >= 4 is 28.7 Å². The summed E-state index contributed by atoms with van der Waals surface area (Å²) < 4.78 is 13.6. The largest absolute Gasteiger partial charge is 0.396 e. The average molecular weight is 238 g/mol. The molecule has 16 heavy (non-hydrogen) atoms. The minimum Gasteiger partial charge on any atom is -0.396 e. The minimum atomic E-state index is -0.500. The van der Waals surface area contributed by atoms with Crippen molar-refractivity contribution in [2.45, 2.75) is 0 Å². The van der Waals surface area contributed by atoms with Gasteiger partial charge in [0.25, 0.3) is 0 Å². The first kappa shape index (κ1) is 10.7. The quantitative estimate of drug-likeness (QED) is 0.843. The van der Waals surface area contributed by atoms with Gasteiger partial charge in [-0.2, -0.15) is 0 Å². The molecule has 1 aromatic heterocycles. The fraction of sp³-hybridized carbons (Fsp3) is 0. The predicted molar refractivity (Wildman–Crippen MR) is 63.3 cm³/mol. The summed E-state index contributed by atoms with van der Waals surface area (Å²) in [7, 11) is 0. The van der Waals surface area contributed by atoms with Crippen LogP contribution >= 0.6 is 11.6 Å². The third kappa shape index (κ3) is 2.06. The van der Waals surface area contributed by atoms with E-state index in [9.17, 15) is 4.39 Å². The molecule has 0 radical (unpaired) electrons. The fourth-order valence-corrected chi connectivity index (χ4v) is 1.44. The number of nitrogens with zero attached hydrogens (tertiary/aromatic N) is 1. The second kappa shape index (κ2) is 4.37. The summed E-state index contributed by atoms with van der Waals surface area (Å²) in [4.78, 5) is 3.84. The zero-order valence-corrected chi connectivity index (χ0v) is 9.00. The average Bonchev–Trinajstić information content (AvgIpc) is 2.28. The number of hydrogen-bond donors (Lipinski definition) is 2. The second-order valence-corrected chi connectivity index (χ2v) is 3.60. The summed E-state index contributed by atoms with van der Waals surface area (Å²) in [6, 6.07) is 6.39. The van der Waals surface area contributed by atoms with E-state index in [0.717, 1.165) is 0 Å². The molecule has 0 aliphatic rings. The number of pyridine rings is 1. The van der Waals surface area contributed by atoms with Gasteiger partial charge in [-0.3, -0.25) is 4.98 Å². The van der Waals surface area contributed by atoms with E-state index in [1.54, 1.807) is 24.4 Å². The molecule has 0 atom stereocenters. The van der Waals surface area contributed by atoms with Crippen LogP contribution in [-0.2, 0) is 0 Å². The highest BCUT2D eigenvalue weighted by Gasteiger charge is 2.07. The fourth-order valence-electron chi connectivity index (χ4n) is 1.27. The van der Waals surface area contributed by atoms with Crippen LogP contribution in [0.2, 0.25) is 5.02 Å². The molecule has 0 amide bonds. The molecule has 3 N–H and O–H groups in total. The van der Waals surface area contributed by atoms with E-state index in [-0.39, 0.29) is 10.7 Å². The van der Waals surface area contributed by atoms with Gasteiger partial charge in [-0.25, -0.2) is 4.39 Å². The van der Waals surface area contributed by atoms with E-state index in [4.69, 9.17) is 17.3 Å². The maximum absolute atomic E-state index is 13.6. The summed E-state index contributed by atoms with van der Waals surface area (Å²) in [6.45, 7) is 0. The molecule has 0 saturated carbocycles. The van der Waals surface area contributed by atoms with E-state index >= 15 is 0 Å². The lowest BCUT2D eigenvalue weighted by molar-refractivity contribution is 0.632. The molecular formula is C11H9ClFN3. The van der Waals surface area contributed by atoms with Crippen LogP contribution in [-0.4, -0.2) is 4.98 Å². The Balaban J connectivity index is 2.35. The first-order valence-electron chi connectivity index (χ1n) is 4.59. The van der Waals surface area contributed by atoms with E-state index in [0.29, 0.717) is 11.4 Å². The molecule has 5 heteroatoms. The van der Waals surface area contributed by atoms with Crippen LogP contribution in [0.25, 0.3) is 0 Å². The van der Waals surface area contributed by atoms with Crippen LogP contribution in [0.15, 0.2) is 36.7 Å². The van der Waals surface area contributed by atoms with Crippen molar-refractivity contribution in [3.8, 4) is 0 Å². The molecule has 0 fully saturated rings. The van der Waals surface area contributed by atoms with E-state index in [1.807, 2.05) is 0 Å². The van der Waals surface area contributed by atoms with Crippen molar-refractivity contribution in [3.05, 3.63) is 47.5 Å². The maximum Gasteiger partial charge on any atom is 0.165 e. The Morgan fingerprint density at radius 2 is 2.06 bits per heavy atom. The van der Waals surface area contributed by atoms with Crippen LogP contribution < -0.4 is 11.1 Å². The number of aromatic nitrogens is 1. The lowest BCUT2D eigenvalue weighted by atomic mass is 10.2. The molecule has 1 heterocycles. The molecule has 0 aliphatic carbocycles. The summed E-state index contributed by atoms with van der Waals surface area (Å²) in [6.07, 6.45) is 3.06. The Morgan fingerprint density at radius 1 is 1.25 bits per heavy atom. The summed E-state index contributed by atoms with van der Waals surface area (Å²) in [5, 5.41) is 2.92. The zero-order chi connectivity index (χ0) is 11.5. The molecule has 0 aliphatic heterocycles. The number of halogens is 2. The lowest BCUT2D eigenvalue weighted by Gasteiger charge is -2.09. The van der Waals surface area contributed by atoms with Crippen molar-refractivity contribution in [1.29, 1.82) is 0 Å². The zero-order valence-electron chi connectivity index (χ0n) is 8.24. The number of rotatable bonds is 2. The molecule has 1 aromatic carbocycles. The number of benzene rings is 1. The first-order valence-corrected chi connectivity index (χ1v) is 4.97. The SMILES string of the molecule is Nc1cnccc1Nc1cccc(Cl)c1F. The lowest BCUT2D eigenvalue weighted by Crippen LogP contribution is -1.98. The molecule has 2 aromatic rings. The normalized spacial score (nSPS) is 10.1. The molecule has 82 valence electrons. The van der Waals surface area contributed by atoms with Crippen molar-refractivity contribution in [2.75, 3.05) is 11.1 Å². The third-order valence-corrected chi connectivity index (χ3v) is 2.36. The maximum atomic E-state index is 13.6. The number of nitrogens with two attached hydrogens (primary N) is 1. The number of anilines is 3. The summed E-state index contributed by atoms with van der Waals surface area (Å²) >= 11 is 5.66. The van der Waals surface area contributed by atoms with Gasteiger partial charge in [0.2, 0.25) is 0 Å². The molecule has 3 nitrogen and oxygen atoms in total. The monoisotopic (exact) mass is 237 g/mol. The second-order valence-electron chi connectivity index (χ2n) is 3.19. The Labute approximate surface area is 97.1 Å². The Bertz CT molecular complexity index is 516. The first-order chi connectivity index (χ1) is 7.68. The van der Waals surface area contributed by atoms with Gasteiger partial charge in [0.1, 0.15) is 0 Å². The molecule has 2 rings (SSSR count). The molecule has 0 bridgehead atoms. The van der Waals surface area contributed by atoms with E-state index < -0.39 is 5.82 Å². The van der Waals surface area contributed by atoms with Gasteiger partial charge in [-0.05, 0) is 18.2 Å². The van der Waals surface area contributed by atoms with Gasteiger partial charge < -0.3 is 11.1 Å². The number of hydrogen-bond acceptors (Lipinski definition) is 3. The van der Waals surface area contributed by atoms with Gasteiger partial charge in [-0.1, -0.05) is 17.7 Å². The highest BCUT2D eigenvalue weighted by Crippen LogP contribution is 2.27. The van der Waals surface area contributed by atoms with Crippen molar-refractivity contribution in [3.63, 3.8) is 0 Å². The molecule has 0 unspecified atom stereocenters. The Hall–Kier alpha value is -1.81. The van der Waals surface area contributed by atoms with Crippen molar-refractivity contribution in [1.82, 2.24) is 4.98 Å². The molecular weight excluding hydrogens is 229 g/mol. The van der Waals surface area contributed by atoms with E-state index in [1.165, 1.54) is 12.3 Å². The standard InChI is InChI=1S/C11H9ClFN3/c12-7-2-1-3-10(11(7)13)16-9-4-5-15-6-8(9)14/h1-6H,14H2,(H,15,16). The third-order valence-electron chi connectivity index (χ3n) is 2.07. The Kier molecular flexibility index (Phi) is 2.92. The highest BCUT2D eigenvalue weighted by atomic mass is 35.5.